The van der Waals surface area contributed by atoms with Crippen LogP contribution in [-0.2, 0) is 9.59 Å². The molecule has 2 aliphatic rings. The van der Waals surface area contributed by atoms with Gasteiger partial charge in [-0.1, -0.05) is 25.0 Å². The van der Waals surface area contributed by atoms with Gasteiger partial charge in [-0.25, -0.2) is 0 Å². The lowest BCUT2D eigenvalue weighted by Gasteiger charge is -2.32. The molecule has 1 unspecified atom stereocenters. The summed E-state index contributed by atoms with van der Waals surface area (Å²) in [7, 11) is 0. The van der Waals surface area contributed by atoms with Crippen LogP contribution < -0.4 is 14.8 Å². The fourth-order valence-corrected chi connectivity index (χ4v) is 3.18. The second kappa shape index (κ2) is 5.87. The molecular formula is C16H19NO5. The van der Waals surface area contributed by atoms with Crippen LogP contribution in [0.5, 0.6) is 11.5 Å². The van der Waals surface area contributed by atoms with Crippen LogP contribution in [0.3, 0.4) is 0 Å². The maximum Gasteiger partial charge on any atom is 0.305 e. The van der Waals surface area contributed by atoms with E-state index in [-0.39, 0.29) is 18.9 Å². The zero-order valence-corrected chi connectivity index (χ0v) is 12.2. The summed E-state index contributed by atoms with van der Waals surface area (Å²) < 4.78 is 11.2. The number of carboxylic acids is 1. The molecule has 3 rings (SSSR count). The third-order valence-corrected chi connectivity index (χ3v) is 4.24. The lowest BCUT2D eigenvalue weighted by atomic mass is 9.93. The normalized spacial score (nSPS) is 22.1. The number of aliphatic carboxylic acids is 1. The minimum atomic E-state index is -0.895. The lowest BCUT2D eigenvalue weighted by Crippen LogP contribution is -2.54. The lowest BCUT2D eigenvalue weighted by molar-refractivity contribution is -0.140. The van der Waals surface area contributed by atoms with Gasteiger partial charge in [-0.15, -0.1) is 0 Å². The molecule has 0 radical (unpaired) electrons. The first-order valence-electron chi connectivity index (χ1n) is 7.50. The fourth-order valence-electron chi connectivity index (χ4n) is 3.18. The van der Waals surface area contributed by atoms with Crippen molar-refractivity contribution in [2.24, 2.45) is 0 Å². The molecule has 0 aromatic heterocycles. The summed E-state index contributed by atoms with van der Waals surface area (Å²) in [5.41, 5.74) is -0.650. The van der Waals surface area contributed by atoms with Gasteiger partial charge >= 0.3 is 5.97 Å². The first-order chi connectivity index (χ1) is 10.6. The van der Waals surface area contributed by atoms with Gasteiger partial charge in [0.05, 0.1) is 12.0 Å². The molecule has 1 saturated carbocycles. The second-order valence-corrected chi connectivity index (χ2v) is 5.91. The summed E-state index contributed by atoms with van der Waals surface area (Å²) in [6.45, 7) is 0.131. The number of ether oxygens (including phenoxy) is 2. The van der Waals surface area contributed by atoms with Gasteiger partial charge in [-0.2, -0.15) is 0 Å². The van der Waals surface area contributed by atoms with E-state index in [9.17, 15) is 9.59 Å². The molecule has 1 amide bonds. The highest BCUT2D eigenvalue weighted by molar-refractivity contribution is 5.83. The van der Waals surface area contributed by atoms with Crippen LogP contribution in [0.1, 0.15) is 32.1 Å². The van der Waals surface area contributed by atoms with Crippen molar-refractivity contribution < 1.29 is 24.2 Å². The molecule has 6 nitrogen and oxygen atoms in total. The number of hydrogen-bond donors (Lipinski definition) is 2. The summed E-state index contributed by atoms with van der Waals surface area (Å²) in [6.07, 6.45) is 2.44. The SMILES string of the molecule is O=C(O)CC1(NC(=O)C2COc3ccccc3O2)CCCC1. The monoisotopic (exact) mass is 305 g/mol. The molecule has 1 aromatic rings. The Morgan fingerprint density at radius 2 is 1.91 bits per heavy atom. The van der Waals surface area contributed by atoms with Gasteiger partial charge in [0.2, 0.25) is 6.10 Å². The van der Waals surface area contributed by atoms with Crippen molar-refractivity contribution in [3.63, 3.8) is 0 Å². The number of rotatable bonds is 4. The Morgan fingerprint density at radius 3 is 2.59 bits per heavy atom. The second-order valence-electron chi connectivity index (χ2n) is 5.91. The Hall–Kier alpha value is -2.24. The van der Waals surface area contributed by atoms with Gasteiger partial charge in [-0.3, -0.25) is 9.59 Å². The number of hydrogen-bond acceptors (Lipinski definition) is 4. The predicted molar refractivity (Wildman–Crippen MR) is 77.9 cm³/mol. The van der Waals surface area contributed by atoms with Gasteiger partial charge in [0.1, 0.15) is 6.61 Å². The van der Waals surface area contributed by atoms with Gasteiger partial charge in [0.15, 0.2) is 11.5 Å². The Balaban J connectivity index is 1.68. The van der Waals surface area contributed by atoms with Crippen molar-refractivity contribution in [3.8, 4) is 11.5 Å². The number of benzene rings is 1. The Morgan fingerprint density at radius 1 is 1.23 bits per heavy atom. The molecule has 1 atom stereocenters. The summed E-state index contributed by atoms with van der Waals surface area (Å²) in [5, 5.41) is 12.0. The molecule has 2 N–H and O–H groups in total. The number of amides is 1. The van der Waals surface area contributed by atoms with E-state index in [0.717, 1.165) is 12.8 Å². The Bertz CT molecular complexity index is 580. The molecule has 1 aliphatic carbocycles. The first-order valence-corrected chi connectivity index (χ1v) is 7.50. The topological polar surface area (TPSA) is 84.9 Å². The van der Waals surface area contributed by atoms with Crippen molar-refractivity contribution in [3.05, 3.63) is 24.3 Å². The molecule has 6 heteroatoms. The van der Waals surface area contributed by atoms with E-state index in [1.807, 2.05) is 12.1 Å². The third-order valence-electron chi connectivity index (χ3n) is 4.24. The van der Waals surface area contributed by atoms with Gasteiger partial charge in [0.25, 0.3) is 5.91 Å². The number of carboxylic acid groups (broad SMARTS) is 1. The van der Waals surface area contributed by atoms with Gasteiger partial charge < -0.3 is 19.9 Å². The van der Waals surface area contributed by atoms with E-state index in [0.29, 0.717) is 24.3 Å². The third kappa shape index (κ3) is 3.00. The molecule has 1 aromatic carbocycles. The average Bonchev–Trinajstić information content (AvgIpc) is 2.94. The number of fused-ring (bicyclic) bond motifs is 1. The van der Waals surface area contributed by atoms with Crippen molar-refractivity contribution in [2.75, 3.05) is 6.61 Å². The standard InChI is InChI=1S/C16H19NO5/c18-14(19)9-16(7-3-4-8-16)17-15(20)13-10-21-11-5-1-2-6-12(11)22-13/h1-2,5-6,13H,3-4,7-10H2,(H,17,20)(H,18,19). The molecule has 0 saturated heterocycles. The highest BCUT2D eigenvalue weighted by Gasteiger charge is 2.40. The van der Waals surface area contributed by atoms with Gasteiger partial charge in [0, 0.05) is 0 Å². The summed E-state index contributed by atoms with van der Waals surface area (Å²) in [4.78, 5) is 23.5. The van der Waals surface area contributed by atoms with Gasteiger partial charge in [-0.05, 0) is 25.0 Å². The molecule has 0 bridgehead atoms. The first kappa shape index (κ1) is 14.7. The van der Waals surface area contributed by atoms with Crippen LogP contribution in [0.4, 0.5) is 0 Å². The Labute approximate surface area is 128 Å². The van der Waals surface area contributed by atoms with Crippen LogP contribution in [0, 0.1) is 0 Å². The van der Waals surface area contributed by atoms with E-state index in [4.69, 9.17) is 14.6 Å². The predicted octanol–water partition coefficient (Wildman–Crippen LogP) is 1.73. The van der Waals surface area contributed by atoms with Crippen molar-refractivity contribution in [2.45, 2.75) is 43.7 Å². The number of carbonyl (C=O) groups is 2. The quantitative estimate of drug-likeness (QED) is 0.885. The average molecular weight is 305 g/mol. The summed E-state index contributed by atoms with van der Waals surface area (Å²) in [6, 6.07) is 7.18. The molecule has 118 valence electrons. The molecule has 1 fully saturated rings. The molecule has 0 spiro atoms. The smallest absolute Gasteiger partial charge is 0.305 e. The fraction of sp³-hybridized carbons (Fsp3) is 0.500. The summed E-state index contributed by atoms with van der Waals surface area (Å²) in [5.74, 6) is -0.0497. The highest BCUT2D eigenvalue weighted by atomic mass is 16.6. The van der Waals surface area contributed by atoms with E-state index in [1.165, 1.54) is 0 Å². The van der Waals surface area contributed by atoms with E-state index in [1.54, 1.807) is 12.1 Å². The van der Waals surface area contributed by atoms with E-state index < -0.39 is 17.6 Å². The van der Waals surface area contributed by atoms with Crippen molar-refractivity contribution in [1.29, 1.82) is 0 Å². The number of nitrogens with one attached hydrogen (secondary N) is 1. The van der Waals surface area contributed by atoms with E-state index in [2.05, 4.69) is 5.32 Å². The molecule has 1 heterocycles. The minimum absolute atomic E-state index is 0.0527. The maximum atomic E-state index is 12.4. The highest BCUT2D eigenvalue weighted by Crippen LogP contribution is 2.34. The largest absolute Gasteiger partial charge is 0.485 e. The van der Waals surface area contributed by atoms with Crippen LogP contribution in [0.2, 0.25) is 0 Å². The van der Waals surface area contributed by atoms with Crippen LogP contribution in [0.25, 0.3) is 0 Å². The zero-order valence-electron chi connectivity index (χ0n) is 12.2. The number of para-hydroxylation sites is 2. The van der Waals surface area contributed by atoms with Crippen LogP contribution in [0.15, 0.2) is 24.3 Å². The Kier molecular flexibility index (Phi) is 3.92. The van der Waals surface area contributed by atoms with Crippen molar-refractivity contribution >= 4 is 11.9 Å². The molecule has 1 aliphatic heterocycles. The zero-order chi connectivity index (χ0) is 15.6. The molecule has 22 heavy (non-hydrogen) atoms. The van der Waals surface area contributed by atoms with Crippen molar-refractivity contribution in [1.82, 2.24) is 5.32 Å². The van der Waals surface area contributed by atoms with E-state index >= 15 is 0 Å². The number of carbonyl (C=O) groups excluding carboxylic acids is 1. The van der Waals surface area contributed by atoms with Crippen LogP contribution in [-0.4, -0.2) is 35.2 Å². The maximum absolute atomic E-state index is 12.4. The minimum Gasteiger partial charge on any atom is -0.485 e. The summed E-state index contributed by atoms with van der Waals surface area (Å²) >= 11 is 0. The molecular weight excluding hydrogens is 286 g/mol. The van der Waals surface area contributed by atoms with Crippen LogP contribution >= 0.6 is 0 Å².